The summed E-state index contributed by atoms with van der Waals surface area (Å²) in [5.41, 5.74) is 6.07. The molecule has 1 aliphatic heterocycles. The number of nitrogens with one attached hydrogen (secondary N) is 1. The molecule has 5 aromatic rings. The number of anilines is 2. The lowest BCUT2D eigenvalue weighted by Gasteiger charge is -2.56. The Labute approximate surface area is 321 Å². The van der Waals surface area contributed by atoms with Crippen molar-refractivity contribution in [3.63, 3.8) is 0 Å². The predicted molar refractivity (Wildman–Crippen MR) is 214 cm³/mol. The molecule has 2 aromatic heterocycles. The van der Waals surface area contributed by atoms with Crippen molar-refractivity contribution in [2.24, 2.45) is 23.2 Å². The van der Waals surface area contributed by atoms with E-state index in [0.717, 1.165) is 74.6 Å². The second-order valence-corrected chi connectivity index (χ2v) is 18.3. The number of rotatable bonds is 8. The molecule has 9 heteroatoms. The Kier molecular flexibility index (Phi) is 8.75. The van der Waals surface area contributed by atoms with Gasteiger partial charge in [0.15, 0.2) is 10.8 Å². The smallest absolute Gasteiger partial charge is 0.358 e. The molecule has 3 heterocycles. The van der Waals surface area contributed by atoms with Crippen LogP contribution in [-0.4, -0.2) is 40.6 Å². The molecule has 0 radical (unpaired) electrons. The standard InChI is InChI=1S/C45H48N4O4S/c1-27-32(10-8-13-37(27)52-26-45-22-28-19-29(23-45)21-30(20-28)24-45)33-15-16-39(47-40(33)42(51)53-44(2,3)4)49-18-17-31-9-7-11-34(35(31)25-49)41(50)48-43-46-36-12-5-6-14-38(36)54-43/h5-16,28-30H,17-26H2,1-4H3,(H,46,48,50). The minimum atomic E-state index is -0.695. The number of pyridine rings is 1. The average molecular weight is 741 g/mol. The molecule has 0 saturated heterocycles. The molecule has 54 heavy (non-hydrogen) atoms. The minimum Gasteiger partial charge on any atom is -0.493 e. The van der Waals surface area contributed by atoms with E-state index < -0.39 is 11.6 Å². The second kappa shape index (κ2) is 13.5. The Balaban J connectivity index is 0.995. The highest BCUT2D eigenvalue weighted by molar-refractivity contribution is 7.22. The van der Waals surface area contributed by atoms with Crippen LogP contribution in [0.2, 0.25) is 0 Å². The van der Waals surface area contributed by atoms with E-state index >= 15 is 0 Å². The third-order valence-electron chi connectivity index (χ3n) is 12.1. The molecule has 4 aliphatic carbocycles. The van der Waals surface area contributed by atoms with E-state index in [4.69, 9.17) is 14.5 Å². The van der Waals surface area contributed by atoms with Crippen LogP contribution in [0.4, 0.5) is 10.9 Å². The maximum atomic E-state index is 14.0. The molecule has 0 spiro atoms. The molecule has 3 aromatic carbocycles. The van der Waals surface area contributed by atoms with Gasteiger partial charge in [-0.1, -0.05) is 47.7 Å². The van der Waals surface area contributed by atoms with Gasteiger partial charge in [0.1, 0.15) is 17.2 Å². The van der Waals surface area contributed by atoms with Gasteiger partial charge in [-0.2, -0.15) is 0 Å². The molecule has 278 valence electrons. The van der Waals surface area contributed by atoms with Crippen molar-refractivity contribution in [2.75, 3.05) is 23.4 Å². The SMILES string of the molecule is Cc1c(OCC23CC4CC(CC(C4)C2)C3)cccc1-c1ccc(N2CCc3cccc(C(=O)Nc4nc5ccccc5s4)c3C2)nc1C(=O)OC(C)(C)C. The highest BCUT2D eigenvalue weighted by atomic mass is 32.1. The highest BCUT2D eigenvalue weighted by Gasteiger charge is 2.51. The minimum absolute atomic E-state index is 0.189. The fourth-order valence-electron chi connectivity index (χ4n) is 10.2. The number of hydrogen-bond acceptors (Lipinski definition) is 8. The van der Waals surface area contributed by atoms with Crippen LogP contribution < -0.4 is 15.0 Å². The summed E-state index contributed by atoms with van der Waals surface area (Å²) in [6, 6.07) is 23.9. The highest BCUT2D eigenvalue weighted by Crippen LogP contribution is 2.60. The van der Waals surface area contributed by atoms with Gasteiger partial charge in [0, 0.05) is 29.6 Å². The summed E-state index contributed by atoms with van der Waals surface area (Å²) in [5, 5.41) is 3.61. The van der Waals surface area contributed by atoms with Crippen LogP contribution in [0.15, 0.2) is 72.8 Å². The zero-order chi connectivity index (χ0) is 37.2. The first-order valence-corrected chi connectivity index (χ1v) is 20.3. The van der Waals surface area contributed by atoms with Crippen LogP contribution in [0.1, 0.15) is 96.8 Å². The Morgan fingerprint density at radius 3 is 2.37 bits per heavy atom. The van der Waals surface area contributed by atoms with Crippen molar-refractivity contribution in [3.05, 3.63) is 101 Å². The summed E-state index contributed by atoms with van der Waals surface area (Å²) in [6.45, 7) is 9.64. The molecule has 4 bridgehead atoms. The zero-order valence-electron chi connectivity index (χ0n) is 31.6. The van der Waals surface area contributed by atoms with Crippen molar-refractivity contribution < 1.29 is 19.1 Å². The molecule has 1 N–H and O–H groups in total. The van der Waals surface area contributed by atoms with Gasteiger partial charge >= 0.3 is 5.97 Å². The summed E-state index contributed by atoms with van der Waals surface area (Å²) in [5.74, 6) is 3.49. The van der Waals surface area contributed by atoms with Gasteiger partial charge < -0.3 is 14.4 Å². The third-order valence-corrected chi connectivity index (χ3v) is 13.1. The van der Waals surface area contributed by atoms with E-state index in [9.17, 15) is 9.59 Å². The fourth-order valence-corrected chi connectivity index (χ4v) is 11.0. The molecule has 5 aliphatic rings. The Bertz CT molecular complexity index is 2200. The number of esters is 1. The van der Waals surface area contributed by atoms with Crippen molar-refractivity contribution in [2.45, 2.75) is 84.8 Å². The lowest BCUT2D eigenvalue weighted by molar-refractivity contribution is -0.0746. The van der Waals surface area contributed by atoms with Crippen LogP contribution in [0, 0.1) is 30.1 Å². The van der Waals surface area contributed by atoms with E-state index in [1.807, 2.05) is 81.4 Å². The average Bonchev–Trinajstić information content (AvgIpc) is 3.55. The number of fused-ring (bicyclic) bond motifs is 2. The zero-order valence-corrected chi connectivity index (χ0v) is 32.4. The summed E-state index contributed by atoms with van der Waals surface area (Å²) in [4.78, 5) is 39.5. The molecular formula is C45H48N4O4S. The van der Waals surface area contributed by atoms with Gasteiger partial charge in [-0.3, -0.25) is 10.1 Å². The fraction of sp³-hybridized carbons (Fsp3) is 0.422. The summed E-state index contributed by atoms with van der Waals surface area (Å²) in [7, 11) is 0. The van der Waals surface area contributed by atoms with Gasteiger partial charge in [0.25, 0.3) is 5.91 Å². The number of amides is 1. The number of benzene rings is 3. The monoisotopic (exact) mass is 740 g/mol. The van der Waals surface area contributed by atoms with Gasteiger partial charge in [0.05, 0.1) is 16.8 Å². The lowest BCUT2D eigenvalue weighted by atomic mass is 9.50. The van der Waals surface area contributed by atoms with Gasteiger partial charge in [-0.05, 0) is 149 Å². The summed E-state index contributed by atoms with van der Waals surface area (Å²) < 4.78 is 13.7. The Hall–Kier alpha value is -4.76. The number of nitrogens with zero attached hydrogens (tertiary/aromatic N) is 3. The largest absolute Gasteiger partial charge is 0.493 e. The molecular weight excluding hydrogens is 693 g/mol. The van der Waals surface area contributed by atoms with Crippen LogP contribution in [0.3, 0.4) is 0 Å². The molecule has 0 atom stereocenters. The van der Waals surface area contributed by atoms with Crippen LogP contribution in [-0.2, 0) is 17.7 Å². The van der Waals surface area contributed by atoms with Crippen LogP contribution >= 0.6 is 11.3 Å². The predicted octanol–water partition coefficient (Wildman–Crippen LogP) is 10.0. The first-order chi connectivity index (χ1) is 26.0. The molecule has 10 rings (SSSR count). The summed E-state index contributed by atoms with van der Waals surface area (Å²) in [6.07, 6.45) is 8.86. The normalized spacial score (nSPS) is 23.0. The van der Waals surface area contributed by atoms with Crippen LogP contribution in [0.5, 0.6) is 5.75 Å². The van der Waals surface area contributed by atoms with E-state index in [-0.39, 0.29) is 11.6 Å². The Morgan fingerprint density at radius 1 is 0.889 bits per heavy atom. The molecule has 8 nitrogen and oxygen atoms in total. The van der Waals surface area contributed by atoms with Crippen molar-refractivity contribution in [3.8, 4) is 16.9 Å². The lowest BCUT2D eigenvalue weighted by Crippen LogP contribution is -2.48. The first-order valence-electron chi connectivity index (χ1n) is 19.5. The second-order valence-electron chi connectivity index (χ2n) is 17.3. The van der Waals surface area contributed by atoms with E-state index in [2.05, 4.69) is 34.3 Å². The van der Waals surface area contributed by atoms with Crippen molar-refractivity contribution in [1.29, 1.82) is 0 Å². The number of carbonyl (C=O) groups excluding carboxylic acids is 2. The van der Waals surface area contributed by atoms with Crippen molar-refractivity contribution in [1.82, 2.24) is 9.97 Å². The van der Waals surface area contributed by atoms with Crippen LogP contribution in [0.25, 0.3) is 21.3 Å². The van der Waals surface area contributed by atoms with Gasteiger partial charge in [-0.15, -0.1) is 0 Å². The van der Waals surface area contributed by atoms with Gasteiger partial charge in [0.2, 0.25) is 0 Å². The van der Waals surface area contributed by atoms with Crippen molar-refractivity contribution >= 4 is 44.4 Å². The topological polar surface area (TPSA) is 93.6 Å². The van der Waals surface area contributed by atoms with E-state index in [1.54, 1.807) is 0 Å². The molecule has 4 saturated carbocycles. The maximum absolute atomic E-state index is 14.0. The van der Waals surface area contributed by atoms with E-state index in [0.29, 0.717) is 35.0 Å². The summed E-state index contributed by atoms with van der Waals surface area (Å²) >= 11 is 1.46. The maximum Gasteiger partial charge on any atom is 0.358 e. The number of aromatic nitrogens is 2. The molecule has 1 amide bonds. The number of thiazole rings is 1. The third kappa shape index (κ3) is 6.76. The number of hydrogen-bond donors (Lipinski definition) is 1. The quantitative estimate of drug-likeness (QED) is 0.158. The number of para-hydroxylation sites is 1. The first kappa shape index (κ1) is 35.0. The van der Waals surface area contributed by atoms with Gasteiger partial charge in [-0.25, -0.2) is 14.8 Å². The Morgan fingerprint density at radius 2 is 1.63 bits per heavy atom. The molecule has 4 fully saturated rings. The van der Waals surface area contributed by atoms with E-state index in [1.165, 1.54) is 49.9 Å². The number of ether oxygens (including phenoxy) is 2. The number of carbonyl (C=O) groups is 2. The molecule has 0 unspecified atom stereocenters.